The maximum absolute atomic E-state index is 13.4. The lowest BCUT2D eigenvalue weighted by molar-refractivity contribution is -0.144. The van der Waals surface area contributed by atoms with E-state index in [1.54, 1.807) is 6.92 Å². The van der Waals surface area contributed by atoms with Crippen molar-refractivity contribution in [3.8, 4) is 0 Å². The topological polar surface area (TPSA) is 72.5 Å². The molecule has 0 spiro atoms. The smallest absolute Gasteiger partial charge is 0.407 e. The highest BCUT2D eigenvalue weighted by Crippen LogP contribution is 2.67. The molecule has 1 amide bonds. The highest BCUT2D eigenvalue weighted by molar-refractivity contribution is 5.91. The van der Waals surface area contributed by atoms with Gasteiger partial charge < -0.3 is 10.1 Å². The Bertz CT molecular complexity index is 1320. The lowest BCUT2D eigenvalue weighted by Gasteiger charge is -2.60. The van der Waals surface area contributed by atoms with Gasteiger partial charge in [-0.1, -0.05) is 61.9 Å². The molecular weight excluding hydrogens is 474 g/mol. The summed E-state index contributed by atoms with van der Waals surface area (Å²) in [5.41, 5.74) is 1.99. The maximum atomic E-state index is 13.4. The Balaban J connectivity index is 1.28. The molecule has 3 saturated carbocycles. The predicted octanol–water partition coefficient (Wildman–Crippen LogP) is 6.78. The Morgan fingerprint density at radius 3 is 2.63 bits per heavy atom. The average molecular weight is 514 g/mol. The molecule has 7 atom stereocenters. The van der Waals surface area contributed by atoms with Crippen LogP contribution in [0.5, 0.6) is 0 Å². The Kier molecular flexibility index (Phi) is 6.24. The minimum Gasteiger partial charge on any atom is -0.446 e. The molecular formula is C33H39NO4. The second-order valence-corrected chi connectivity index (χ2v) is 12.8. The molecule has 0 radical (unpaired) electrons. The molecule has 3 fully saturated rings. The number of ketones is 2. The van der Waals surface area contributed by atoms with E-state index in [0.717, 1.165) is 48.4 Å². The molecule has 0 heterocycles. The van der Waals surface area contributed by atoms with E-state index in [1.165, 1.54) is 5.57 Å². The van der Waals surface area contributed by atoms with Crippen LogP contribution in [0.3, 0.4) is 0 Å². The van der Waals surface area contributed by atoms with Gasteiger partial charge in [-0.05, 0) is 90.5 Å². The molecule has 0 aliphatic heterocycles. The summed E-state index contributed by atoms with van der Waals surface area (Å²) in [5.74, 6) is 1.52. The van der Waals surface area contributed by atoms with Gasteiger partial charge in [0.25, 0.3) is 0 Å². The minimum absolute atomic E-state index is 0.0240. The SMILES string of the molecule is CC(=O)[C@H]1CCC2C3CCC4=CC(=O)CC[C@]4(C)C3C(OC(=O)NCc3cccc4ccccc34)C[C@@]21C. The third-order valence-electron chi connectivity index (χ3n) is 10.9. The lowest BCUT2D eigenvalue weighted by atomic mass is 9.46. The summed E-state index contributed by atoms with van der Waals surface area (Å²) in [6.07, 6.45) is 7.22. The number of alkyl carbamates (subject to hydrolysis) is 1. The monoisotopic (exact) mass is 513 g/mol. The van der Waals surface area contributed by atoms with E-state index in [1.807, 2.05) is 30.3 Å². The van der Waals surface area contributed by atoms with Crippen LogP contribution in [0.1, 0.15) is 71.3 Å². The first-order valence-corrected chi connectivity index (χ1v) is 14.4. The molecule has 4 unspecified atom stereocenters. The molecule has 0 saturated heterocycles. The van der Waals surface area contributed by atoms with Gasteiger partial charge >= 0.3 is 6.09 Å². The maximum Gasteiger partial charge on any atom is 0.407 e. The third-order valence-corrected chi connectivity index (χ3v) is 10.9. The Labute approximate surface area is 225 Å². The first-order valence-electron chi connectivity index (χ1n) is 14.4. The molecule has 4 aliphatic carbocycles. The van der Waals surface area contributed by atoms with Crippen LogP contribution >= 0.6 is 0 Å². The number of rotatable bonds is 4. The predicted molar refractivity (Wildman–Crippen MR) is 147 cm³/mol. The number of benzene rings is 2. The molecule has 4 aliphatic rings. The number of carbonyl (C=O) groups is 3. The molecule has 2 aromatic carbocycles. The number of fused-ring (bicyclic) bond motifs is 6. The van der Waals surface area contributed by atoms with Crippen molar-refractivity contribution >= 4 is 28.4 Å². The fourth-order valence-electron chi connectivity index (χ4n) is 9.22. The Morgan fingerprint density at radius 2 is 1.82 bits per heavy atom. The number of amides is 1. The van der Waals surface area contributed by atoms with Gasteiger partial charge in [0, 0.05) is 24.8 Å². The molecule has 5 heteroatoms. The van der Waals surface area contributed by atoms with Crippen molar-refractivity contribution in [2.45, 2.75) is 78.4 Å². The van der Waals surface area contributed by atoms with Gasteiger partial charge in [0.1, 0.15) is 11.9 Å². The number of Topliss-reactive ketones (excluding diaryl/α,β-unsaturated/α-hetero) is 1. The largest absolute Gasteiger partial charge is 0.446 e. The highest BCUT2D eigenvalue weighted by atomic mass is 16.6. The summed E-state index contributed by atoms with van der Waals surface area (Å²) in [6.45, 7) is 6.70. The first-order chi connectivity index (χ1) is 18.2. The van der Waals surface area contributed by atoms with Crippen LogP contribution < -0.4 is 5.32 Å². The van der Waals surface area contributed by atoms with Gasteiger partial charge in [0.2, 0.25) is 0 Å². The summed E-state index contributed by atoms with van der Waals surface area (Å²) in [6, 6.07) is 14.3. The zero-order chi connectivity index (χ0) is 26.7. The van der Waals surface area contributed by atoms with E-state index in [2.05, 4.69) is 37.4 Å². The summed E-state index contributed by atoms with van der Waals surface area (Å²) >= 11 is 0. The lowest BCUT2D eigenvalue weighted by Crippen LogP contribution is -2.58. The van der Waals surface area contributed by atoms with Crippen molar-refractivity contribution in [2.24, 2.45) is 34.5 Å². The highest BCUT2D eigenvalue weighted by Gasteiger charge is 2.63. The van der Waals surface area contributed by atoms with Crippen molar-refractivity contribution < 1.29 is 19.1 Å². The average Bonchev–Trinajstić information content (AvgIpc) is 3.24. The van der Waals surface area contributed by atoms with Gasteiger partial charge in [-0.15, -0.1) is 0 Å². The molecule has 1 N–H and O–H groups in total. The van der Waals surface area contributed by atoms with Crippen molar-refractivity contribution in [3.63, 3.8) is 0 Å². The van der Waals surface area contributed by atoms with E-state index in [9.17, 15) is 14.4 Å². The van der Waals surface area contributed by atoms with E-state index in [0.29, 0.717) is 31.2 Å². The molecule has 0 bridgehead atoms. The van der Waals surface area contributed by atoms with E-state index in [4.69, 9.17) is 4.74 Å². The normalized spacial score (nSPS) is 36.0. The fraction of sp³-hybridized carbons (Fsp3) is 0.545. The first kappa shape index (κ1) is 25.3. The van der Waals surface area contributed by atoms with E-state index < -0.39 is 6.09 Å². The zero-order valence-corrected chi connectivity index (χ0v) is 22.8. The van der Waals surface area contributed by atoms with Gasteiger partial charge in [-0.25, -0.2) is 4.79 Å². The summed E-state index contributed by atoms with van der Waals surface area (Å²) in [4.78, 5) is 38.4. The van der Waals surface area contributed by atoms with E-state index >= 15 is 0 Å². The second-order valence-electron chi connectivity index (χ2n) is 12.8. The standard InChI is InChI=1S/C33H39NO4/c1-20(35)27-13-14-28-26-12-11-23-17-24(36)15-16-32(23,2)30(26)29(18-33(27,28)3)38-31(37)34-19-22-9-6-8-21-7-4-5-10-25(21)22/h4-10,17,26-30H,11-16,18-19H2,1-3H3,(H,34,37)/t26?,27-,28?,29?,30?,32+,33-/m1/s1. The van der Waals surface area contributed by atoms with Crippen LogP contribution in [-0.2, 0) is 20.9 Å². The van der Waals surface area contributed by atoms with Crippen molar-refractivity contribution in [1.29, 1.82) is 0 Å². The zero-order valence-electron chi connectivity index (χ0n) is 22.8. The molecule has 2 aromatic rings. The van der Waals surface area contributed by atoms with Crippen molar-refractivity contribution in [3.05, 3.63) is 59.7 Å². The molecule has 200 valence electrons. The number of ether oxygens (including phenoxy) is 1. The van der Waals surface area contributed by atoms with Gasteiger partial charge in [0.05, 0.1) is 0 Å². The number of hydrogen-bond acceptors (Lipinski definition) is 4. The fourth-order valence-corrected chi connectivity index (χ4v) is 9.22. The van der Waals surface area contributed by atoms with Crippen LogP contribution in [-0.4, -0.2) is 23.8 Å². The number of allylic oxidation sites excluding steroid dienone is 1. The molecule has 5 nitrogen and oxygen atoms in total. The summed E-state index contributed by atoms with van der Waals surface area (Å²) < 4.78 is 6.36. The van der Waals surface area contributed by atoms with Crippen LogP contribution in [0, 0.1) is 34.5 Å². The molecule has 38 heavy (non-hydrogen) atoms. The Hall–Kier alpha value is -2.95. The van der Waals surface area contributed by atoms with E-state index in [-0.39, 0.29) is 40.3 Å². The minimum atomic E-state index is -0.396. The van der Waals surface area contributed by atoms with Crippen LogP contribution in [0.4, 0.5) is 4.79 Å². The number of nitrogens with one attached hydrogen (secondary N) is 1. The molecule has 6 rings (SSSR count). The molecule has 0 aromatic heterocycles. The Morgan fingerprint density at radius 1 is 1.03 bits per heavy atom. The summed E-state index contributed by atoms with van der Waals surface area (Å²) in [5, 5.41) is 5.31. The van der Waals surface area contributed by atoms with Crippen molar-refractivity contribution in [1.82, 2.24) is 5.32 Å². The number of carbonyl (C=O) groups excluding carboxylic acids is 3. The van der Waals surface area contributed by atoms with Crippen LogP contribution in [0.15, 0.2) is 54.1 Å². The van der Waals surface area contributed by atoms with Gasteiger partial charge in [0.15, 0.2) is 5.78 Å². The van der Waals surface area contributed by atoms with Crippen molar-refractivity contribution in [2.75, 3.05) is 0 Å². The van der Waals surface area contributed by atoms with Gasteiger partial charge in [-0.2, -0.15) is 0 Å². The quantitative estimate of drug-likeness (QED) is 0.489. The third kappa shape index (κ3) is 4.01. The second kappa shape index (κ2) is 9.36. The van der Waals surface area contributed by atoms with Crippen LogP contribution in [0.2, 0.25) is 0 Å². The van der Waals surface area contributed by atoms with Crippen LogP contribution in [0.25, 0.3) is 10.8 Å². The number of hydrogen-bond donors (Lipinski definition) is 1. The summed E-state index contributed by atoms with van der Waals surface area (Å²) in [7, 11) is 0. The van der Waals surface area contributed by atoms with Gasteiger partial charge in [-0.3, -0.25) is 9.59 Å².